The van der Waals surface area contributed by atoms with Crippen LogP contribution >= 0.6 is 0 Å². The van der Waals surface area contributed by atoms with Crippen molar-refractivity contribution in [2.45, 2.75) is 96.7 Å². The number of hydrogen-bond donors (Lipinski definition) is 2. The van der Waals surface area contributed by atoms with Gasteiger partial charge in [-0.25, -0.2) is 0 Å². The first-order chi connectivity index (χ1) is 15.4. The zero-order valence-corrected chi connectivity index (χ0v) is 20.5. The average molecular weight is 452 g/mol. The quantitative estimate of drug-likeness (QED) is 0.690. The maximum absolute atomic E-state index is 13.7. The first-order valence-corrected chi connectivity index (χ1v) is 12.9. The third-order valence-electron chi connectivity index (χ3n) is 7.47. The van der Waals surface area contributed by atoms with Crippen molar-refractivity contribution in [3.63, 3.8) is 0 Å². The van der Waals surface area contributed by atoms with Gasteiger partial charge in [-0.15, -0.1) is 0 Å². The molecule has 2 N–H and O–H groups in total. The van der Waals surface area contributed by atoms with Crippen molar-refractivity contribution in [2.24, 2.45) is 11.3 Å². The summed E-state index contributed by atoms with van der Waals surface area (Å²) in [5, 5.41) is 6.25. The fourth-order valence-corrected chi connectivity index (χ4v) is 5.46. The van der Waals surface area contributed by atoms with E-state index in [1.54, 1.807) is 0 Å². The molecule has 0 aromatic rings. The lowest BCUT2D eigenvalue weighted by Crippen LogP contribution is -2.57. The van der Waals surface area contributed by atoms with Crippen LogP contribution in [0.1, 0.15) is 78.6 Å². The second-order valence-electron chi connectivity index (χ2n) is 10.6. The Bertz CT molecular complexity index is 598. The predicted octanol–water partition coefficient (Wildman–Crippen LogP) is 2.87. The predicted molar refractivity (Wildman–Crippen MR) is 125 cm³/mol. The van der Waals surface area contributed by atoms with Gasteiger partial charge in [0.2, 0.25) is 11.8 Å². The third kappa shape index (κ3) is 7.16. The molecule has 3 rings (SSSR count). The largest absolute Gasteiger partial charge is 0.381 e. The van der Waals surface area contributed by atoms with Crippen LogP contribution in [-0.2, 0) is 19.1 Å². The summed E-state index contributed by atoms with van der Waals surface area (Å²) >= 11 is 0. The van der Waals surface area contributed by atoms with Crippen LogP contribution in [0.2, 0.25) is 0 Å². The molecule has 3 aliphatic rings. The molecule has 0 aromatic carbocycles. The highest BCUT2D eigenvalue weighted by Gasteiger charge is 2.43. The fourth-order valence-electron chi connectivity index (χ4n) is 5.46. The molecule has 2 amide bonds. The van der Waals surface area contributed by atoms with Gasteiger partial charge in [-0.2, -0.15) is 0 Å². The zero-order chi connectivity index (χ0) is 23.0. The van der Waals surface area contributed by atoms with E-state index in [2.05, 4.69) is 29.4 Å². The van der Waals surface area contributed by atoms with Gasteiger partial charge in [0, 0.05) is 31.9 Å². The van der Waals surface area contributed by atoms with Crippen molar-refractivity contribution < 1.29 is 19.1 Å². The van der Waals surface area contributed by atoms with Crippen LogP contribution in [0.4, 0.5) is 0 Å². The van der Waals surface area contributed by atoms with Crippen LogP contribution in [-0.4, -0.2) is 74.4 Å². The Morgan fingerprint density at radius 2 is 1.69 bits per heavy atom. The molecule has 7 heteroatoms. The molecule has 3 fully saturated rings. The third-order valence-corrected chi connectivity index (χ3v) is 7.47. The summed E-state index contributed by atoms with van der Waals surface area (Å²) in [5.41, 5.74) is -0.367. The van der Waals surface area contributed by atoms with E-state index in [1.165, 1.54) is 0 Å². The molecule has 3 heterocycles. The molecule has 0 bridgehead atoms. The Kier molecular flexibility index (Phi) is 9.80. The Hall–Kier alpha value is -1.18. The molecule has 7 nitrogen and oxygen atoms in total. The highest BCUT2D eigenvalue weighted by Crippen LogP contribution is 2.39. The highest BCUT2D eigenvalue weighted by atomic mass is 16.5. The van der Waals surface area contributed by atoms with Gasteiger partial charge < -0.3 is 25.0 Å². The fraction of sp³-hybridized carbons (Fsp3) is 0.920. The summed E-state index contributed by atoms with van der Waals surface area (Å²) in [5.74, 6) is 0.323. The van der Waals surface area contributed by atoms with Crippen molar-refractivity contribution in [2.75, 3.05) is 39.5 Å². The van der Waals surface area contributed by atoms with Gasteiger partial charge in [-0.3, -0.25) is 9.59 Å². The normalized spacial score (nSPS) is 30.0. The first-order valence-electron chi connectivity index (χ1n) is 12.9. The summed E-state index contributed by atoms with van der Waals surface area (Å²) in [4.78, 5) is 29.3. The number of amides is 2. The van der Waals surface area contributed by atoms with E-state index < -0.39 is 6.04 Å². The van der Waals surface area contributed by atoms with Gasteiger partial charge >= 0.3 is 0 Å². The monoisotopic (exact) mass is 451 g/mol. The summed E-state index contributed by atoms with van der Waals surface area (Å²) < 4.78 is 11.3. The number of piperidine rings is 1. The lowest BCUT2D eigenvalue weighted by Gasteiger charge is -2.45. The Morgan fingerprint density at radius 1 is 0.969 bits per heavy atom. The van der Waals surface area contributed by atoms with Crippen LogP contribution < -0.4 is 10.6 Å². The van der Waals surface area contributed by atoms with Gasteiger partial charge in [0.15, 0.2) is 0 Å². The van der Waals surface area contributed by atoms with Gasteiger partial charge in [0.1, 0.15) is 6.04 Å². The number of carbonyl (C=O) groups is 2. The maximum atomic E-state index is 13.7. The molecule has 0 radical (unpaired) electrons. The van der Waals surface area contributed by atoms with Gasteiger partial charge in [0.25, 0.3) is 0 Å². The topological polar surface area (TPSA) is 79.9 Å². The second-order valence-corrected chi connectivity index (χ2v) is 10.6. The molecule has 0 saturated carbocycles. The lowest BCUT2D eigenvalue weighted by atomic mass is 9.73. The molecule has 0 aliphatic carbocycles. The van der Waals surface area contributed by atoms with Crippen molar-refractivity contribution in [1.29, 1.82) is 0 Å². The SMILES string of the molecule is CC(C)C[C@@H]1NC(=O)C2(CCCCCOC[C@@H](C)NC1=O)CCN(C1CCOCC1)CC2. The number of rotatable bonds is 3. The Balaban J connectivity index is 1.71. The van der Waals surface area contributed by atoms with Gasteiger partial charge in [-0.05, 0) is 70.9 Å². The van der Waals surface area contributed by atoms with Crippen molar-refractivity contribution in [3.05, 3.63) is 0 Å². The molecule has 0 unspecified atom stereocenters. The minimum absolute atomic E-state index is 0.0614. The maximum Gasteiger partial charge on any atom is 0.242 e. The van der Waals surface area contributed by atoms with Crippen molar-refractivity contribution >= 4 is 11.8 Å². The summed E-state index contributed by atoms with van der Waals surface area (Å²) in [6.45, 7) is 11.0. The minimum Gasteiger partial charge on any atom is -0.381 e. The highest BCUT2D eigenvalue weighted by molar-refractivity contribution is 5.90. The van der Waals surface area contributed by atoms with Crippen molar-refractivity contribution in [3.8, 4) is 0 Å². The van der Waals surface area contributed by atoms with E-state index >= 15 is 0 Å². The molecule has 3 saturated heterocycles. The zero-order valence-electron chi connectivity index (χ0n) is 20.5. The molecule has 184 valence electrons. The lowest BCUT2D eigenvalue weighted by molar-refractivity contribution is -0.139. The van der Waals surface area contributed by atoms with E-state index in [4.69, 9.17) is 9.47 Å². The first kappa shape index (κ1) is 25.4. The number of nitrogens with zero attached hydrogens (tertiary/aromatic N) is 1. The van der Waals surface area contributed by atoms with Crippen LogP contribution in [0, 0.1) is 11.3 Å². The number of ether oxygens (including phenoxy) is 2. The number of nitrogens with one attached hydrogen (secondary N) is 2. The summed E-state index contributed by atoms with van der Waals surface area (Å²) in [6.07, 6.45) is 8.59. The Labute approximate surface area is 194 Å². The van der Waals surface area contributed by atoms with Gasteiger partial charge in [0.05, 0.1) is 12.0 Å². The molecular weight excluding hydrogens is 406 g/mol. The smallest absolute Gasteiger partial charge is 0.242 e. The molecule has 3 aliphatic heterocycles. The minimum atomic E-state index is -0.488. The van der Waals surface area contributed by atoms with E-state index in [1.807, 2.05) is 6.92 Å². The number of likely N-dealkylation sites (tertiary alicyclic amines) is 1. The van der Waals surface area contributed by atoms with Crippen LogP contribution in [0.15, 0.2) is 0 Å². The van der Waals surface area contributed by atoms with Gasteiger partial charge in [-0.1, -0.05) is 26.7 Å². The molecule has 0 aromatic heterocycles. The summed E-state index contributed by atoms with van der Waals surface area (Å²) in [6, 6.07) is 0.0349. The Morgan fingerprint density at radius 3 is 2.38 bits per heavy atom. The second kappa shape index (κ2) is 12.3. The van der Waals surface area contributed by atoms with E-state index in [9.17, 15) is 9.59 Å². The van der Waals surface area contributed by atoms with Crippen LogP contribution in [0.5, 0.6) is 0 Å². The van der Waals surface area contributed by atoms with Crippen LogP contribution in [0.3, 0.4) is 0 Å². The summed E-state index contributed by atoms with van der Waals surface area (Å²) in [7, 11) is 0. The van der Waals surface area contributed by atoms with E-state index in [0.717, 1.165) is 77.7 Å². The van der Waals surface area contributed by atoms with E-state index in [-0.39, 0.29) is 23.3 Å². The average Bonchev–Trinajstić information content (AvgIpc) is 2.78. The van der Waals surface area contributed by atoms with Crippen molar-refractivity contribution in [1.82, 2.24) is 15.5 Å². The number of hydrogen-bond acceptors (Lipinski definition) is 5. The molecular formula is C25H45N3O4. The molecule has 32 heavy (non-hydrogen) atoms. The van der Waals surface area contributed by atoms with E-state index in [0.29, 0.717) is 31.6 Å². The number of carbonyl (C=O) groups excluding carboxylic acids is 2. The van der Waals surface area contributed by atoms with Crippen LogP contribution in [0.25, 0.3) is 0 Å². The molecule has 1 spiro atoms. The standard InChI is InChI=1S/C25H45N3O4/c1-19(2)17-22-23(29)26-20(3)18-32-14-6-4-5-9-25(24(30)27-22)10-12-28(13-11-25)21-7-15-31-16-8-21/h19-22H,4-18H2,1-3H3,(H,26,29)(H,27,30)/t20-,22+/m1/s1. The molecule has 2 atom stereocenters.